The van der Waals surface area contributed by atoms with Crippen LogP contribution in [0.3, 0.4) is 0 Å². The van der Waals surface area contributed by atoms with E-state index < -0.39 is 16.1 Å². The van der Waals surface area contributed by atoms with Crippen molar-refractivity contribution in [2.24, 2.45) is 0 Å². The summed E-state index contributed by atoms with van der Waals surface area (Å²) in [5.41, 5.74) is 2.69. The molecule has 32 heavy (non-hydrogen) atoms. The lowest BCUT2D eigenvalue weighted by Crippen LogP contribution is -2.30. The van der Waals surface area contributed by atoms with Crippen molar-refractivity contribution in [3.63, 3.8) is 0 Å². The van der Waals surface area contributed by atoms with E-state index in [4.69, 9.17) is 27.9 Å². The Balaban J connectivity index is 1.67. The number of nitrogens with one attached hydrogen (secondary N) is 2. The first-order chi connectivity index (χ1) is 15.0. The Hall–Kier alpha value is -2.74. The van der Waals surface area contributed by atoms with Crippen LogP contribution in [-0.4, -0.2) is 20.4 Å². The van der Waals surface area contributed by atoms with Gasteiger partial charge in [-0.1, -0.05) is 35.3 Å². The molecule has 168 valence electrons. The largest absolute Gasteiger partial charge is 0.481 e. The maximum atomic E-state index is 12.6. The third-order valence-corrected chi connectivity index (χ3v) is 6.71. The van der Waals surface area contributed by atoms with Crippen LogP contribution >= 0.6 is 23.2 Å². The zero-order valence-electron chi connectivity index (χ0n) is 17.6. The molecule has 3 rings (SSSR count). The van der Waals surface area contributed by atoms with E-state index in [0.717, 1.165) is 11.1 Å². The van der Waals surface area contributed by atoms with Gasteiger partial charge in [-0.3, -0.25) is 9.52 Å². The van der Waals surface area contributed by atoms with Gasteiger partial charge >= 0.3 is 0 Å². The molecule has 1 atom stereocenters. The molecule has 0 saturated heterocycles. The first-order valence-electron chi connectivity index (χ1n) is 9.68. The molecule has 0 aliphatic rings. The van der Waals surface area contributed by atoms with E-state index in [1.54, 1.807) is 19.1 Å². The summed E-state index contributed by atoms with van der Waals surface area (Å²) in [6.07, 6.45) is -0.744. The van der Waals surface area contributed by atoms with Gasteiger partial charge in [0.25, 0.3) is 15.9 Å². The highest BCUT2D eigenvalue weighted by Crippen LogP contribution is 2.31. The van der Waals surface area contributed by atoms with Crippen LogP contribution in [0.4, 0.5) is 11.4 Å². The lowest BCUT2D eigenvalue weighted by atomic mass is 10.1. The van der Waals surface area contributed by atoms with Crippen LogP contribution in [0, 0.1) is 13.8 Å². The molecule has 2 N–H and O–H groups in total. The molecule has 6 nitrogen and oxygen atoms in total. The molecule has 3 aromatic rings. The molecule has 0 saturated carbocycles. The third-order valence-electron chi connectivity index (χ3n) is 4.51. The van der Waals surface area contributed by atoms with Crippen LogP contribution < -0.4 is 14.8 Å². The minimum absolute atomic E-state index is 0.00563. The van der Waals surface area contributed by atoms with E-state index in [0.29, 0.717) is 11.4 Å². The fourth-order valence-corrected chi connectivity index (χ4v) is 4.48. The van der Waals surface area contributed by atoms with Gasteiger partial charge in [-0.05, 0) is 80.4 Å². The second kappa shape index (κ2) is 9.81. The van der Waals surface area contributed by atoms with Gasteiger partial charge in [0.15, 0.2) is 6.10 Å². The van der Waals surface area contributed by atoms with E-state index in [-0.39, 0.29) is 26.5 Å². The number of hydrogen-bond acceptors (Lipinski definition) is 4. The summed E-state index contributed by atoms with van der Waals surface area (Å²) in [6, 6.07) is 16.1. The van der Waals surface area contributed by atoms with Crippen LogP contribution in [0.15, 0.2) is 65.6 Å². The number of rotatable bonds is 7. The Morgan fingerprint density at radius 2 is 1.59 bits per heavy atom. The summed E-state index contributed by atoms with van der Waals surface area (Å²) in [7, 11) is -3.89. The highest BCUT2D eigenvalue weighted by Gasteiger charge is 2.18. The predicted octanol–water partition coefficient (Wildman–Crippen LogP) is 5.82. The fourth-order valence-electron chi connectivity index (χ4n) is 3.01. The minimum Gasteiger partial charge on any atom is -0.481 e. The lowest BCUT2D eigenvalue weighted by Gasteiger charge is -2.16. The van der Waals surface area contributed by atoms with Gasteiger partial charge in [-0.2, -0.15) is 0 Å². The van der Waals surface area contributed by atoms with E-state index in [1.807, 2.05) is 32.0 Å². The van der Waals surface area contributed by atoms with Gasteiger partial charge < -0.3 is 10.1 Å². The molecule has 0 fully saturated rings. The SMILES string of the molecule is Cc1cc(C)cc(O[C@@H](C)C(=O)Nc2ccc(S(=O)(=O)Nc3cccc(Cl)c3Cl)cc2)c1. The molecule has 0 aliphatic carbocycles. The van der Waals surface area contributed by atoms with Crippen molar-refractivity contribution in [1.29, 1.82) is 0 Å². The van der Waals surface area contributed by atoms with E-state index in [1.165, 1.54) is 30.3 Å². The van der Waals surface area contributed by atoms with Gasteiger partial charge in [0, 0.05) is 5.69 Å². The molecule has 0 heterocycles. The van der Waals surface area contributed by atoms with Crippen LogP contribution in [0.1, 0.15) is 18.1 Å². The number of carbonyl (C=O) groups excluding carboxylic acids is 1. The molecule has 3 aromatic carbocycles. The number of amides is 1. The molecule has 0 radical (unpaired) electrons. The maximum absolute atomic E-state index is 12.6. The highest BCUT2D eigenvalue weighted by atomic mass is 35.5. The Labute approximate surface area is 197 Å². The Bertz CT molecular complexity index is 1230. The lowest BCUT2D eigenvalue weighted by molar-refractivity contribution is -0.122. The average molecular weight is 493 g/mol. The first kappa shape index (κ1) is 23.9. The summed E-state index contributed by atoms with van der Waals surface area (Å²) >= 11 is 12.0. The Kier molecular flexibility index (Phi) is 7.33. The predicted molar refractivity (Wildman–Crippen MR) is 128 cm³/mol. The highest BCUT2D eigenvalue weighted by molar-refractivity contribution is 7.92. The van der Waals surface area contributed by atoms with Gasteiger partial charge in [0.2, 0.25) is 0 Å². The van der Waals surface area contributed by atoms with Crippen molar-refractivity contribution >= 4 is 50.5 Å². The van der Waals surface area contributed by atoms with Crippen molar-refractivity contribution in [3.05, 3.63) is 81.8 Å². The molecule has 0 bridgehead atoms. The molecule has 0 aliphatic heterocycles. The molecule has 0 aromatic heterocycles. The maximum Gasteiger partial charge on any atom is 0.265 e. The number of halogens is 2. The third kappa shape index (κ3) is 5.94. The number of carbonyl (C=O) groups is 1. The van der Waals surface area contributed by atoms with Gasteiger partial charge in [-0.15, -0.1) is 0 Å². The van der Waals surface area contributed by atoms with E-state index in [2.05, 4.69) is 10.0 Å². The van der Waals surface area contributed by atoms with Crippen molar-refractivity contribution in [2.45, 2.75) is 31.8 Å². The van der Waals surface area contributed by atoms with Crippen LogP contribution in [0.5, 0.6) is 5.75 Å². The van der Waals surface area contributed by atoms with E-state index >= 15 is 0 Å². The van der Waals surface area contributed by atoms with Crippen LogP contribution in [0.25, 0.3) is 0 Å². The first-order valence-corrected chi connectivity index (χ1v) is 11.9. The monoisotopic (exact) mass is 492 g/mol. The summed E-state index contributed by atoms with van der Waals surface area (Å²) in [5, 5.41) is 3.07. The standard InChI is InChI=1S/C23H22Cl2N2O4S/c1-14-11-15(2)13-18(12-14)31-16(3)23(28)26-17-7-9-19(10-8-17)32(29,30)27-21-6-4-5-20(24)22(21)25/h4-13,16,27H,1-3H3,(H,26,28)/t16-/m0/s1. The number of hydrogen-bond donors (Lipinski definition) is 2. The van der Waals surface area contributed by atoms with Crippen LogP contribution in [-0.2, 0) is 14.8 Å². The number of aryl methyl sites for hydroxylation is 2. The van der Waals surface area contributed by atoms with Crippen molar-refractivity contribution in [2.75, 3.05) is 10.0 Å². The summed E-state index contributed by atoms with van der Waals surface area (Å²) in [5.74, 6) is 0.251. The molecular weight excluding hydrogens is 471 g/mol. The Morgan fingerprint density at radius 3 is 2.22 bits per heavy atom. The number of benzene rings is 3. The molecule has 0 unspecified atom stereocenters. The average Bonchev–Trinajstić information content (AvgIpc) is 2.71. The summed E-state index contributed by atoms with van der Waals surface area (Å²) in [6.45, 7) is 5.55. The van der Waals surface area contributed by atoms with Crippen LogP contribution in [0.2, 0.25) is 10.0 Å². The normalized spacial score (nSPS) is 12.2. The number of ether oxygens (including phenoxy) is 1. The minimum atomic E-state index is -3.89. The molecule has 1 amide bonds. The van der Waals surface area contributed by atoms with Gasteiger partial charge in [0.1, 0.15) is 5.75 Å². The van der Waals surface area contributed by atoms with Crippen molar-refractivity contribution in [1.82, 2.24) is 0 Å². The molecule has 0 spiro atoms. The summed E-state index contributed by atoms with van der Waals surface area (Å²) < 4.78 is 33.4. The second-order valence-electron chi connectivity index (χ2n) is 7.30. The van der Waals surface area contributed by atoms with Crippen molar-refractivity contribution < 1.29 is 17.9 Å². The zero-order chi connectivity index (χ0) is 23.5. The zero-order valence-corrected chi connectivity index (χ0v) is 20.0. The molecule has 9 heteroatoms. The second-order valence-corrected chi connectivity index (χ2v) is 9.77. The van der Waals surface area contributed by atoms with E-state index in [9.17, 15) is 13.2 Å². The quantitative estimate of drug-likeness (QED) is 0.435. The van der Waals surface area contributed by atoms with Gasteiger partial charge in [-0.25, -0.2) is 8.42 Å². The van der Waals surface area contributed by atoms with Gasteiger partial charge in [0.05, 0.1) is 20.6 Å². The Morgan fingerprint density at radius 1 is 0.969 bits per heavy atom. The summed E-state index contributed by atoms with van der Waals surface area (Å²) in [4.78, 5) is 12.5. The number of sulfonamides is 1. The van der Waals surface area contributed by atoms with Crippen molar-refractivity contribution in [3.8, 4) is 5.75 Å². The number of anilines is 2. The molecular formula is C23H22Cl2N2O4S. The topological polar surface area (TPSA) is 84.5 Å². The fraction of sp³-hybridized carbons (Fsp3) is 0.174. The smallest absolute Gasteiger partial charge is 0.265 e.